The first-order valence-electron chi connectivity index (χ1n) is 9.25. The SMILES string of the molecule is CC[C@H](C(=O)Nc1cc(C(=O)OC)ccc1Cl)N(c1ccc(C)c(C)c1)S(C)(=O)=O. The highest BCUT2D eigenvalue weighted by atomic mass is 35.5. The molecule has 1 amide bonds. The smallest absolute Gasteiger partial charge is 0.337 e. The molecule has 2 rings (SSSR count). The number of ether oxygens (including phenoxy) is 1. The number of nitrogens with one attached hydrogen (secondary N) is 1. The highest BCUT2D eigenvalue weighted by Gasteiger charge is 2.32. The fraction of sp³-hybridized carbons (Fsp3) is 0.333. The lowest BCUT2D eigenvalue weighted by molar-refractivity contribution is -0.117. The van der Waals surface area contributed by atoms with E-state index >= 15 is 0 Å². The van der Waals surface area contributed by atoms with Crippen molar-refractivity contribution in [1.82, 2.24) is 0 Å². The molecule has 2 aromatic rings. The van der Waals surface area contributed by atoms with E-state index in [1.807, 2.05) is 19.9 Å². The van der Waals surface area contributed by atoms with E-state index in [9.17, 15) is 18.0 Å². The standard InChI is InChI=1S/C21H25ClN2O5S/c1-6-19(24(30(5,27)28)16-9-7-13(2)14(3)11-16)20(25)23-18-12-15(21(26)29-4)8-10-17(18)22/h7-12,19H,6H2,1-5H3,(H,23,25)/t19-/m1/s1. The molecular weight excluding hydrogens is 428 g/mol. The first kappa shape index (κ1) is 23.7. The Morgan fingerprint density at radius 2 is 1.80 bits per heavy atom. The maximum atomic E-state index is 13.1. The third kappa shape index (κ3) is 5.31. The second-order valence-electron chi connectivity index (χ2n) is 6.93. The van der Waals surface area contributed by atoms with Gasteiger partial charge in [-0.1, -0.05) is 24.6 Å². The highest BCUT2D eigenvalue weighted by molar-refractivity contribution is 7.92. The summed E-state index contributed by atoms with van der Waals surface area (Å²) in [6, 6.07) is 8.52. The molecule has 2 aromatic carbocycles. The molecule has 7 nitrogen and oxygen atoms in total. The Hall–Kier alpha value is -2.58. The van der Waals surface area contributed by atoms with Gasteiger partial charge in [-0.3, -0.25) is 9.10 Å². The summed E-state index contributed by atoms with van der Waals surface area (Å²) < 4.78 is 31.0. The van der Waals surface area contributed by atoms with Crippen molar-refractivity contribution in [2.24, 2.45) is 0 Å². The third-order valence-corrected chi connectivity index (χ3v) is 6.23. The highest BCUT2D eigenvalue weighted by Crippen LogP contribution is 2.28. The van der Waals surface area contributed by atoms with Crippen molar-refractivity contribution in [2.75, 3.05) is 23.0 Å². The van der Waals surface area contributed by atoms with Gasteiger partial charge >= 0.3 is 5.97 Å². The quantitative estimate of drug-likeness (QED) is 0.642. The molecule has 30 heavy (non-hydrogen) atoms. The van der Waals surface area contributed by atoms with Crippen molar-refractivity contribution >= 4 is 44.9 Å². The Morgan fingerprint density at radius 1 is 1.13 bits per heavy atom. The topological polar surface area (TPSA) is 92.8 Å². The Kier molecular flexibility index (Phi) is 7.49. The number of halogens is 1. The maximum absolute atomic E-state index is 13.1. The van der Waals surface area contributed by atoms with Gasteiger partial charge in [0.15, 0.2) is 0 Å². The van der Waals surface area contributed by atoms with Gasteiger partial charge in [0.1, 0.15) is 6.04 Å². The summed E-state index contributed by atoms with van der Waals surface area (Å²) >= 11 is 6.16. The van der Waals surface area contributed by atoms with Gasteiger partial charge in [0, 0.05) is 0 Å². The van der Waals surface area contributed by atoms with E-state index < -0.39 is 27.9 Å². The maximum Gasteiger partial charge on any atom is 0.337 e. The molecular formula is C21H25ClN2O5S. The average molecular weight is 453 g/mol. The van der Waals surface area contributed by atoms with Gasteiger partial charge in [-0.05, 0) is 61.7 Å². The van der Waals surface area contributed by atoms with E-state index in [1.165, 1.54) is 25.3 Å². The molecule has 0 heterocycles. The van der Waals surface area contributed by atoms with E-state index in [0.29, 0.717) is 5.69 Å². The van der Waals surface area contributed by atoms with Gasteiger partial charge in [0.05, 0.1) is 35.3 Å². The van der Waals surface area contributed by atoms with Crippen molar-refractivity contribution in [3.05, 3.63) is 58.1 Å². The number of nitrogens with zero attached hydrogens (tertiary/aromatic N) is 1. The number of esters is 1. The Bertz CT molecular complexity index is 1070. The minimum Gasteiger partial charge on any atom is -0.465 e. The van der Waals surface area contributed by atoms with Crippen LogP contribution in [0, 0.1) is 13.8 Å². The first-order chi connectivity index (χ1) is 14.0. The van der Waals surface area contributed by atoms with E-state index in [4.69, 9.17) is 11.6 Å². The van der Waals surface area contributed by atoms with Crippen LogP contribution in [0.5, 0.6) is 0 Å². The molecule has 0 aliphatic carbocycles. The van der Waals surface area contributed by atoms with Gasteiger partial charge < -0.3 is 10.1 Å². The normalized spacial score (nSPS) is 12.2. The van der Waals surface area contributed by atoms with Crippen LogP contribution in [-0.2, 0) is 19.6 Å². The van der Waals surface area contributed by atoms with E-state index in [1.54, 1.807) is 19.1 Å². The summed E-state index contributed by atoms with van der Waals surface area (Å²) in [5.41, 5.74) is 2.72. The molecule has 0 radical (unpaired) electrons. The number of anilines is 2. The molecule has 0 aromatic heterocycles. The first-order valence-corrected chi connectivity index (χ1v) is 11.5. The van der Waals surface area contributed by atoms with Crippen molar-refractivity contribution in [1.29, 1.82) is 0 Å². The largest absolute Gasteiger partial charge is 0.465 e. The summed E-state index contributed by atoms with van der Waals surface area (Å²) in [5.74, 6) is -1.15. The van der Waals surface area contributed by atoms with Crippen LogP contribution in [0.3, 0.4) is 0 Å². The molecule has 0 aliphatic rings. The molecule has 0 bridgehead atoms. The van der Waals surface area contributed by atoms with Crippen LogP contribution in [0.2, 0.25) is 5.02 Å². The predicted molar refractivity (Wildman–Crippen MR) is 119 cm³/mol. The summed E-state index contributed by atoms with van der Waals surface area (Å²) in [4.78, 5) is 24.8. The number of carbonyl (C=O) groups excluding carboxylic acids is 2. The van der Waals surface area contributed by atoms with E-state index in [-0.39, 0.29) is 22.7 Å². The zero-order valence-corrected chi connectivity index (χ0v) is 19.1. The van der Waals surface area contributed by atoms with Crippen LogP contribution >= 0.6 is 11.6 Å². The predicted octanol–water partition coefficient (Wildman–Crippen LogP) is 3.93. The molecule has 0 aliphatic heterocycles. The molecule has 0 saturated heterocycles. The molecule has 0 spiro atoms. The number of hydrogen-bond acceptors (Lipinski definition) is 5. The Morgan fingerprint density at radius 3 is 2.33 bits per heavy atom. The fourth-order valence-electron chi connectivity index (χ4n) is 3.00. The van der Waals surface area contributed by atoms with Crippen LogP contribution in [0.1, 0.15) is 34.8 Å². The summed E-state index contributed by atoms with van der Waals surface area (Å²) in [5, 5.41) is 2.86. The molecule has 1 atom stereocenters. The molecule has 0 unspecified atom stereocenters. The zero-order valence-electron chi connectivity index (χ0n) is 17.5. The zero-order chi connectivity index (χ0) is 22.6. The van der Waals surface area contributed by atoms with Crippen molar-refractivity contribution < 1.29 is 22.7 Å². The minimum absolute atomic E-state index is 0.191. The molecule has 0 saturated carbocycles. The Balaban J connectivity index is 2.44. The van der Waals surface area contributed by atoms with Crippen molar-refractivity contribution in [3.63, 3.8) is 0 Å². The number of rotatable bonds is 7. The number of carbonyl (C=O) groups is 2. The summed E-state index contributed by atoms with van der Waals surface area (Å²) in [6.45, 7) is 5.51. The Labute approximate surface area is 182 Å². The average Bonchev–Trinajstić information content (AvgIpc) is 2.68. The van der Waals surface area contributed by atoms with Crippen molar-refractivity contribution in [3.8, 4) is 0 Å². The lowest BCUT2D eigenvalue weighted by Gasteiger charge is -2.30. The number of sulfonamides is 1. The summed E-state index contributed by atoms with van der Waals surface area (Å²) in [7, 11) is -2.52. The van der Waals surface area contributed by atoms with Crippen LogP contribution in [0.15, 0.2) is 36.4 Å². The second-order valence-corrected chi connectivity index (χ2v) is 9.19. The van der Waals surface area contributed by atoms with Crippen LogP contribution < -0.4 is 9.62 Å². The minimum atomic E-state index is -3.77. The van der Waals surface area contributed by atoms with Gasteiger partial charge in [0.2, 0.25) is 15.9 Å². The monoisotopic (exact) mass is 452 g/mol. The fourth-order valence-corrected chi connectivity index (χ4v) is 4.37. The molecule has 1 N–H and O–H groups in total. The van der Waals surface area contributed by atoms with E-state index in [2.05, 4.69) is 10.1 Å². The number of aryl methyl sites for hydroxylation is 2. The molecule has 162 valence electrons. The summed E-state index contributed by atoms with van der Waals surface area (Å²) in [6.07, 6.45) is 1.28. The van der Waals surface area contributed by atoms with Crippen molar-refractivity contribution in [2.45, 2.75) is 33.2 Å². The molecule has 0 fully saturated rings. The third-order valence-electron chi connectivity index (χ3n) is 4.72. The number of amides is 1. The van der Waals surface area contributed by atoms with Gasteiger partial charge in [-0.2, -0.15) is 0 Å². The van der Waals surface area contributed by atoms with E-state index in [0.717, 1.165) is 21.7 Å². The van der Waals surface area contributed by atoms with Crippen LogP contribution in [0.4, 0.5) is 11.4 Å². The van der Waals surface area contributed by atoms with Crippen LogP contribution in [0.25, 0.3) is 0 Å². The number of hydrogen-bond donors (Lipinski definition) is 1. The number of benzene rings is 2. The second kappa shape index (κ2) is 9.49. The number of methoxy groups -OCH3 is 1. The lowest BCUT2D eigenvalue weighted by atomic mass is 10.1. The van der Waals surface area contributed by atoms with Gasteiger partial charge in [-0.15, -0.1) is 0 Å². The lowest BCUT2D eigenvalue weighted by Crippen LogP contribution is -2.47. The molecule has 9 heteroatoms. The van der Waals surface area contributed by atoms with Gasteiger partial charge in [0.25, 0.3) is 0 Å². The van der Waals surface area contributed by atoms with Gasteiger partial charge in [-0.25, -0.2) is 13.2 Å². The van der Waals surface area contributed by atoms with Crippen LogP contribution in [-0.4, -0.2) is 39.7 Å².